The second kappa shape index (κ2) is 5.79. The molecular formula is C15H13BrN2OS2. The van der Waals surface area contributed by atoms with Crippen LogP contribution in [0.4, 0.5) is 5.69 Å². The summed E-state index contributed by atoms with van der Waals surface area (Å²) >= 11 is 6.50. The van der Waals surface area contributed by atoms with Crippen molar-refractivity contribution >= 4 is 60.3 Å². The predicted octanol–water partition coefficient (Wildman–Crippen LogP) is 4.55. The first kappa shape index (κ1) is 14.6. The Bertz CT molecular complexity index is 822. The van der Waals surface area contributed by atoms with Crippen LogP contribution in [0.3, 0.4) is 0 Å². The van der Waals surface area contributed by atoms with Crippen LogP contribution in [0, 0.1) is 6.92 Å². The summed E-state index contributed by atoms with van der Waals surface area (Å²) in [6.07, 6.45) is 0. The predicted molar refractivity (Wildman–Crippen MR) is 94.2 cm³/mol. The van der Waals surface area contributed by atoms with Gasteiger partial charge in [0.2, 0.25) is 0 Å². The number of hydrogen-bond donors (Lipinski definition) is 2. The van der Waals surface area contributed by atoms with Crippen LogP contribution in [0.2, 0.25) is 0 Å². The number of hydrogen-bond acceptors (Lipinski definition) is 4. The number of rotatable bonds is 3. The molecule has 0 aliphatic rings. The number of benzene rings is 1. The van der Waals surface area contributed by atoms with Crippen molar-refractivity contribution in [1.82, 2.24) is 5.32 Å². The largest absolute Gasteiger partial charge is 0.397 e. The van der Waals surface area contributed by atoms with E-state index in [1.54, 1.807) is 11.3 Å². The van der Waals surface area contributed by atoms with Gasteiger partial charge in [-0.05, 0) is 42.1 Å². The second-order valence-electron chi connectivity index (χ2n) is 4.69. The Labute approximate surface area is 138 Å². The monoisotopic (exact) mass is 380 g/mol. The summed E-state index contributed by atoms with van der Waals surface area (Å²) in [5.74, 6) is -0.113. The number of nitrogen functional groups attached to an aromatic ring is 1. The molecule has 0 aliphatic carbocycles. The molecule has 3 aromatic rings. The number of anilines is 1. The zero-order chi connectivity index (χ0) is 15.0. The van der Waals surface area contributed by atoms with Gasteiger partial charge in [-0.25, -0.2) is 0 Å². The Kier molecular flexibility index (Phi) is 4.01. The molecule has 2 heterocycles. The highest BCUT2D eigenvalue weighted by atomic mass is 79.9. The average Bonchev–Trinajstić information content (AvgIpc) is 3.01. The minimum absolute atomic E-state index is 0.113. The fourth-order valence-corrected chi connectivity index (χ4v) is 4.31. The molecule has 0 spiro atoms. The third kappa shape index (κ3) is 2.84. The van der Waals surface area contributed by atoms with E-state index in [1.165, 1.54) is 21.8 Å². The minimum atomic E-state index is -0.113. The topological polar surface area (TPSA) is 55.1 Å². The third-order valence-corrected chi connectivity index (χ3v) is 5.97. The van der Waals surface area contributed by atoms with E-state index in [-0.39, 0.29) is 5.91 Å². The second-order valence-corrected chi connectivity index (χ2v) is 7.66. The van der Waals surface area contributed by atoms with E-state index in [0.29, 0.717) is 17.1 Å². The highest BCUT2D eigenvalue weighted by Crippen LogP contribution is 2.35. The van der Waals surface area contributed by atoms with Gasteiger partial charge in [0, 0.05) is 19.4 Å². The SMILES string of the molecule is Cc1ccsc1CNC(=O)c1sc2ccc(Br)cc2c1N. The average molecular weight is 381 g/mol. The van der Waals surface area contributed by atoms with E-state index in [1.807, 2.05) is 30.5 Å². The molecular weight excluding hydrogens is 368 g/mol. The molecule has 6 heteroatoms. The summed E-state index contributed by atoms with van der Waals surface area (Å²) in [6, 6.07) is 7.93. The molecule has 108 valence electrons. The van der Waals surface area contributed by atoms with Crippen LogP contribution in [-0.2, 0) is 6.54 Å². The smallest absolute Gasteiger partial charge is 0.263 e. The standard InChI is InChI=1S/C15H13BrN2OS2/c1-8-4-5-20-12(8)7-18-15(19)14-13(17)10-6-9(16)2-3-11(10)21-14/h2-6H,7,17H2,1H3,(H,18,19). The molecule has 0 fully saturated rings. The molecule has 3 rings (SSSR count). The van der Waals surface area contributed by atoms with Crippen molar-refractivity contribution < 1.29 is 4.79 Å². The van der Waals surface area contributed by atoms with Crippen molar-refractivity contribution in [3.05, 3.63) is 49.4 Å². The first-order valence-corrected chi connectivity index (χ1v) is 8.84. The molecule has 0 unspecified atom stereocenters. The van der Waals surface area contributed by atoms with Crippen LogP contribution in [0.5, 0.6) is 0 Å². The van der Waals surface area contributed by atoms with Gasteiger partial charge in [-0.3, -0.25) is 4.79 Å². The molecule has 1 amide bonds. The van der Waals surface area contributed by atoms with E-state index in [9.17, 15) is 4.79 Å². The molecule has 3 N–H and O–H groups in total. The number of fused-ring (bicyclic) bond motifs is 1. The first-order chi connectivity index (χ1) is 10.1. The van der Waals surface area contributed by atoms with Crippen LogP contribution >= 0.6 is 38.6 Å². The number of amides is 1. The highest BCUT2D eigenvalue weighted by Gasteiger charge is 2.16. The number of nitrogens with one attached hydrogen (secondary N) is 1. The van der Waals surface area contributed by atoms with Crippen molar-refractivity contribution in [3.63, 3.8) is 0 Å². The fraction of sp³-hybridized carbons (Fsp3) is 0.133. The van der Waals surface area contributed by atoms with E-state index in [2.05, 4.69) is 27.3 Å². The minimum Gasteiger partial charge on any atom is -0.397 e. The van der Waals surface area contributed by atoms with Gasteiger partial charge in [0.15, 0.2) is 0 Å². The molecule has 21 heavy (non-hydrogen) atoms. The van der Waals surface area contributed by atoms with Gasteiger partial charge in [-0.15, -0.1) is 22.7 Å². The van der Waals surface area contributed by atoms with Crippen LogP contribution in [0.1, 0.15) is 20.1 Å². The summed E-state index contributed by atoms with van der Waals surface area (Å²) in [5.41, 5.74) is 7.87. The van der Waals surface area contributed by atoms with Crippen LogP contribution in [0.15, 0.2) is 34.1 Å². The van der Waals surface area contributed by atoms with Gasteiger partial charge >= 0.3 is 0 Å². The number of carbonyl (C=O) groups excluding carboxylic acids is 1. The first-order valence-electron chi connectivity index (χ1n) is 6.35. The molecule has 0 saturated carbocycles. The normalized spacial score (nSPS) is 11.0. The van der Waals surface area contributed by atoms with E-state index < -0.39 is 0 Å². The number of halogens is 1. The van der Waals surface area contributed by atoms with E-state index >= 15 is 0 Å². The Balaban J connectivity index is 1.84. The summed E-state index contributed by atoms with van der Waals surface area (Å²) < 4.78 is 1.98. The summed E-state index contributed by atoms with van der Waals surface area (Å²) in [5, 5.41) is 5.90. The van der Waals surface area contributed by atoms with Crippen molar-refractivity contribution in [2.75, 3.05) is 5.73 Å². The lowest BCUT2D eigenvalue weighted by Gasteiger charge is -2.03. The maximum absolute atomic E-state index is 12.3. The van der Waals surface area contributed by atoms with Crippen molar-refractivity contribution in [1.29, 1.82) is 0 Å². The van der Waals surface area contributed by atoms with Crippen molar-refractivity contribution in [3.8, 4) is 0 Å². The van der Waals surface area contributed by atoms with E-state index in [0.717, 1.165) is 14.6 Å². The number of nitrogens with two attached hydrogens (primary N) is 1. The summed E-state index contributed by atoms with van der Waals surface area (Å²) in [7, 11) is 0. The van der Waals surface area contributed by atoms with Gasteiger partial charge in [0.25, 0.3) is 5.91 Å². The molecule has 0 atom stereocenters. The lowest BCUT2D eigenvalue weighted by atomic mass is 10.2. The molecule has 1 aromatic carbocycles. The maximum Gasteiger partial charge on any atom is 0.263 e. The van der Waals surface area contributed by atoms with Gasteiger partial charge in [-0.2, -0.15) is 0 Å². The molecule has 0 saturated heterocycles. The van der Waals surface area contributed by atoms with Crippen molar-refractivity contribution in [2.24, 2.45) is 0 Å². The quantitative estimate of drug-likeness (QED) is 0.700. The zero-order valence-corrected chi connectivity index (χ0v) is 14.5. The Hall–Kier alpha value is -1.37. The summed E-state index contributed by atoms with van der Waals surface area (Å²) in [4.78, 5) is 14.1. The molecule has 0 bridgehead atoms. The van der Waals surface area contributed by atoms with Crippen molar-refractivity contribution in [2.45, 2.75) is 13.5 Å². The lowest BCUT2D eigenvalue weighted by molar-refractivity contribution is 0.0956. The van der Waals surface area contributed by atoms with Crippen LogP contribution in [0.25, 0.3) is 10.1 Å². The third-order valence-electron chi connectivity index (χ3n) is 3.27. The van der Waals surface area contributed by atoms with Gasteiger partial charge in [-0.1, -0.05) is 15.9 Å². The van der Waals surface area contributed by atoms with Gasteiger partial charge in [0.05, 0.1) is 12.2 Å². The molecule has 2 aromatic heterocycles. The summed E-state index contributed by atoms with van der Waals surface area (Å²) in [6.45, 7) is 2.59. The molecule has 0 aliphatic heterocycles. The van der Waals surface area contributed by atoms with Crippen LogP contribution in [-0.4, -0.2) is 5.91 Å². The Morgan fingerprint density at radius 1 is 1.38 bits per heavy atom. The number of aryl methyl sites for hydroxylation is 1. The number of thiophene rings is 2. The Morgan fingerprint density at radius 2 is 2.19 bits per heavy atom. The van der Waals surface area contributed by atoms with Gasteiger partial charge < -0.3 is 11.1 Å². The van der Waals surface area contributed by atoms with Crippen LogP contribution < -0.4 is 11.1 Å². The zero-order valence-electron chi connectivity index (χ0n) is 11.3. The fourth-order valence-electron chi connectivity index (χ4n) is 2.08. The number of carbonyl (C=O) groups is 1. The Morgan fingerprint density at radius 3 is 2.90 bits per heavy atom. The molecule has 3 nitrogen and oxygen atoms in total. The van der Waals surface area contributed by atoms with Gasteiger partial charge in [0.1, 0.15) is 4.88 Å². The highest BCUT2D eigenvalue weighted by molar-refractivity contribution is 9.10. The van der Waals surface area contributed by atoms with E-state index in [4.69, 9.17) is 5.73 Å². The molecule has 0 radical (unpaired) electrons. The lowest BCUT2D eigenvalue weighted by Crippen LogP contribution is -2.22. The maximum atomic E-state index is 12.3.